The fourth-order valence-electron chi connectivity index (χ4n) is 1.08. The van der Waals surface area contributed by atoms with Gasteiger partial charge in [0.2, 0.25) is 0 Å². The monoisotopic (exact) mass is 175 g/mol. The molecule has 0 aliphatic rings. The van der Waals surface area contributed by atoms with Gasteiger partial charge in [0.1, 0.15) is 0 Å². The zero-order valence-corrected chi connectivity index (χ0v) is 7.18. The molecule has 0 saturated carbocycles. The third-order valence-electron chi connectivity index (χ3n) is 1.66. The van der Waals surface area contributed by atoms with Crippen LogP contribution in [-0.2, 0) is 0 Å². The van der Waals surface area contributed by atoms with Crippen LogP contribution in [0.4, 0.5) is 5.82 Å². The van der Waals surface area contributed by atoms with Gasteiger partial charge in [0.15, 0.2) is 5.82 Å². The quantitative estimate of drug-likeness (QED) is 0.687. The van der Waals surface area contributed by atoms with Gasteiger partial charge < -0.3 is 5.73 Å². The van der Waals surface area contributed by atoms with Crippen LogP contribution in [0.15, 0.2) is 24.5 Å². The Hall–Kier alpha value is -1.91. The molecule has 0 aliphatic carbocycles. The Labute approximate surface area is 75.2 Å². The molecule has 66 valence electrons. The Bertz CT molecular complexity index is 420. The first-order valence-corrected chi connectivity index (χ1v) is 3.86. The van der Waals surface area contributed by atoms with Crippen molar-refractivity contribution in [2.45, 2.75) is 6.92 Å². The number of aryl methyl sites for hydroxylation is 1. The fourth-order valence-corrected chi connectivity index (χ4v) is 1.08. The van der Waals surface area contributed by atoms with Crippen LogP contribution in [0.5, 0.6) is 0 Å². The minimum absolute atomic E-state index is 0.412. The second-order valence-electron chi connectivity index (χ2n) is 2.74. The second kappa shape index (κ2) is 2.85. The maximum atomic E-state index is 5.44. The van der Waals surface area contributed by atoms with Gasteiger partial charge in [0.05, 0.1) is 11.9 Å². The van der Waals surface area contributed by atoms with E-state index in [-0.39, 0.29) is 0 Å². The SMILES string of the molecule is Cc1cc(-n2cc(N)nn2)ccn1. The molecular weight excluding hydrogens is 166 g/mol. The van der Waals surface area contributed by atoms with Crippen LogP contribution in [0.2, 0.25) is 0 Å². The number of hydrogen-bond acceptors (Lipinski definition) is 4. The van der Waals surface area contributed by atoms with E-state index in [2.05, 4.69) is 15.3 Å². The highest BCUT2D eigenvalue weighted by Crippen LogP contribution is 2.07. The van der Waals surface area contributed by atoms with E-state index in [1.54, 1.807) is 17.1 Å². The zero-order valence-electron chi connectivity index (χ0n) is 7.18. The molecule has 0 unspecified atom stereocenters. The summed E-state index contributed by atoms with van der Waals surface area (Å²) in [6, 6.07) is 3.76. The molecule has 0 fully saturated rings. The minimum atomic E-state index is 0.412. The topological polar surface area (TPSA) is 69.6 Å². The summed E-state index contributed by atoms with van der Waals surface area (Å²) in [6.45, 7) is 1.92. The highest BCUT2D eigenvalue weighted by molar-refractivity contribution is 5.33. The first-order valence-electron chi connectivity index (χ1n) is 3.86. The Balaban J connectivity index is 2.46. The average molecular weight is 175 g/mol. The van der Waals surface area contributed by atoms with Crippen molar-refractivity contribution in [3.63, 3.8) is 0 Å². The number of nitrogens with zero attached hydrogens (tertiary/aromatic N) is 4. The van der Waals surface area contributed by atoms with E-state index < -0.39 is 0 Å². The summed E-state index contributed by atoms with van der Waals surface area (Å²) in [6.07, 6.45) is 3.39. The number of nitrogen functional groups attached to an aromatic ring is 1. The summed E-state index contributed by atoms with van der Waals surface area (Å²) in [5.74, 6) is 0.412. The van der Waals surface area contributed by atoms with Gasteiger partial charge in [-0.05, 0) is 19.1 Å². The molecule has 2 rings (SSSR count). The molecule has 2 N–H and O–H groups in total. The predicted molar refractivity (Wildman–Crippen MR) is 48.3 cm³/mol. The molecule has 0 amide bonds. The van der Waals surface area contributed by atoms with Crippen LogP contribution < -0.4 is 5.73 Å². The first-order chi connectivity index (χ1) is 6.25. The summed E-state index contributed by atoms with van der Waals surface area (Å²) in [7, 11) is 0. The maximum Gasteiger partial charge on any atom is 0.166 e. The Morgan fingerprint density at radius 3 is 2.92 bits per heavy atom. The van der Waals surface area contributed by atoms with E-state index in [1.165, 1.54) is 0 Å². The van der Waals surface area contributed by atoms with E-state index in [0.29, 0.717) is 5.82 Å². The minimum Gasteiger partial charge on any atom is -0.381 e. The van der Waals surface area contributed by atoms with Crippen LogP contribution >= 0.6 is 0 Å². The third-order valence-corrected chi connectivity index (χ3v) is 1.66. The summed E-state index contributed by atoms with van der Waals surface area (Å²) in [4.78, 5) is 4.08. The summed E-state index contributed by atoms with van der Waals surface area (Å²) < 4.78 is 1.62. The van der Waals surface area contributed by atoms with Gasteiger partial charge >= 0.3 is 0 Å². The van der Waals surface area contributed by atoms with Crippen molar-refractivity contribution in [1.82, 2.24) is 20.0 Å². The Morgan fingerprint density at radius 1 is 1.46 bits per heavy atom. The van der Waals surface area contributed by atoms with Crippen LogP contribution in [-0.4, -0.2) is 20.0 Å². The van der Waals surface area contributed by atoms with E-state index in [9.17, 15) is 0 Å². The van der Waals surface area contributed by atoms with Crippen LogP contribution in [0.3, 0.4) is 0 Å². The predicted octanol–water partition coefficient (Wildman–Crippen LogP) is 0.553. The van der Waals surface area contributed by atoms with E-state index >= 15 is 0 Å². The van der Waals surface area contributed by atoms with Gasteiger partial charge in [-0.25, -0.2) is 4.68 Å². The maximum absolute atomic E-state index is 5.44. The molecule has 0 aromatic carbocycles. The van der Waals surface area contributed by atoms with E-state index in [0.717, 1.165) is 11.4 Å². The van der Waals surface area contributed by atoms with E-state index in [1.807, 2.05) is 19.1 Å². The standard InChI is InChI=1S/C8H9N5/c1-6-4-7(2-3-10-6)13-5-8(9)11-12-13/h2-5H,9H2,1H3. The van der Waals surface area contributed by atoms with Gasteiger partial charge in [0, 0.05) is 11.9 Å². The van der Waals surface area contributed by atoms with Gasteiger partial charge in [-0.1, -0.05) is 5.21 Å². The number of rotatable bonds is 1. The fraction of sp³-hybridized carbons (Fsp3) is 0.125. The summed E-state index contributed by atoms with van der Waals surface area (Å²) >= 11 is 0. The molecular formula is C8H9N5. The molecule has 0 atom stereocenters. The van der Waals surface area contributed by atoms with Crippen molar-refractivity contribution >= 4 is 5.82 Å². The summed E-state index contributed by atoms with van der Waals surface area (Å²) in [5.41, 5.74) is 7.29. The largest absolute Gasteiger partial charge is 0.381 e. The number of hydrogen-bond donors (Lipinski definition) is 1. The van der Waals surface area contributed by atoms with Crippen molar-refractivity contribution in [3.05, 3.63) is 30.2 Å². The molecule has 0 aliphatic heterocycles. The smallest absolute Gasteiger partial charge is 0.166 e. The lowest BCUT2D eigenvalue weighted by molar-refractivity contribution is 0.801. The molecule has 5 heteroatoms. The molecule has 2 heterocycles. The second-order valence-corrected chi connectivity index (χ2v) is 2.74. The van der Waals surface area contributed by atoms with Crippen LogP contribution in [0, 0.1) is 6.92 Å². The zero-order chi connectivity index (χ0) is 9.26. The molecule has 0 radical (unpaired) electrons. The lowest BCUT2D eigenvalue weighted by Crippen LogP contribution is -1.95. The third kappa shape index (κ3) is 1.48. The normalized spacial score (nSPS) is 10.2. The number of pyridine rings is 1. The molecule has 2 aromatic rings. The molecule has 13 heavy (non-hydrogen) atoms. The lowest BCUT2D eigenvalue weighted by Gasteiger charge is -1.99. The first kappa shape index (κ1) is 7.72. The van der Waals surface area contributed by atoms with Crippen LogP contribution in [0.25, 0.3) is 5.69 Å². The van der Waals surface area contributed by atoms with Gasteiger partial charge in [-0.3, -0.25) is 4.98 Å². The molecule has 0 bridgehead atoms. The van der Waals surface area contributed by atoms with Crippen LogP contribution in [0.1, 0.15) is 5.69 Å². The molecule has 5 nitrogen and oxygen atoms in total. The van der Waals surface area contributed by atoms with Crippen molar-refractivity contribution in [3.8, 4) is 5.69 Å². The van der Waals surface area contributed by atoms with Gasteiger partial charge in [-0.15, -0.1) is 5.10 Å². The molecule has 0 saturated heterocycles. The average Bonchev–Trinajstić information content (AvgIpc) is 2.52. The van der Waals surface area contributed by atoms with Crippen molar-refractivity contribution in [1.29, 1.82) is 0 Å². The van der Waals surface area contributed by atoms with Gasteiger partial charge in [0.25, 0.3) is 0 Å². The number of aromatic nitrogens is 4. The molecule has 2 aromatic heterocycles. The summed E-state index contributed by atoms with van der Waals surface area (Å²) in [5, 5.41) is 7.53. The lowest BCUT2D eigenvalue weighted by atomic mass is 10.3. The highest BCUT2D eigenvalue weighted by Gasteiger charge is 1.99. The van der Waals surface area contributed by atoms with Crippen molar-refractivity contribution < 1.29 is 0 Å². The number of anilines is 1. The van der Waals surface area contributed by atoms with Gasteiger partial charge in [-0.2, -0.15) is 0 Å². The Morgan fingerprint density at radius 2 is 2.31 bits per heavy atom. The highest BCUT2D eigenvalue weighted by atomic mass is 15.4. The van der Waals surface area contributed by atoms with E-state index in [4.69, 9.17) is 5.73 Å². The van der Waals surface area contributed by atoms with Crippen molar-refractivity contribution in [2.24, 2.45) is 0 Å². The Kier molecular flexibility index (Phi) is 1.70. The number of nitrogens with two attached hydrogens (primary N) is 1. The molecule has 0 spiro atoms. The van der Waals surface area contributed by atoms with Crippen molar-refractivity contribution in [2.75, 3.05) is 5.73 Å².